The number of aromatic nitrogens is 1. The van der Waals surface area contributed by atoms with Crippen LogP contribution in [-0.4, -0.2) is 16.1 Å². The third kappa shape index (κ3) is 2.29. The maximum atomic E-state index is 10.8. The number of carbonyl (C=O) groups is 1. The fourth-order valence-electron chi connectivity index (χ4n) is 2.15. The van der Waals surface area contributed by atoms with E-state index < -0.39 is 5.97 Å². The Balaban J connectivity index is 1.70. The van der Waals surface area contributed by atoms with Crippen molar-refractivity contribution in [1.29, 1.82) is 0 Å². The lowest BCUT2D eigenvalue weighted by molar-refractivity contribution is -0.138. The van der Waals surface area contributed by atoms with Crippen molar-refractivity contribution in [1.82, 2.24) is 4.98 Å². The number of thiazole rings is 1. The molecule has 1 aliphatic carbocycles. The van der Waals surface area contributed by atoms with Gasteiger partial charge in [0.15, 0.2) is 0 Å². The molecule has 2 unspecified atom stereocenters. The molecule has 0 amide bonds. The smallest absolute Gasteiger partial charge is 0.306 e. The summed E-state index contributed by atoms with van der Waals surface area (Å²) in [4.78, 5) is 15.4. The van der Waals surface area contributed by atoms with Crippen molar-refractivity contribution in [3.63, 3.8) is 0 Å². The maximum absolute atomic E-state index is 10.8. The zero-order chi connectivity index (χ0) is 12.5. The molecule has 1 aromatic carbocycles. The van der Waals surface area contributed by atoms with Crippen LogP contribution in [0.15, 0.2) is 35.7 Å². The van der Waals surface area contributed by atoms with Crippen molar-refractivity contribution in [2.45, 2.75) is 12.8 Å². The summed E-state index contributed by atoms with van der Waals surface area (Å²) in [6, 6.07) is 10.1. The summed E-state index contributed by atoms with van der Waals surface area (Å²) in [6.07, 6.45) is 1.60. The largest absolute Gasteiger partial charge is 0.481 e. The molecule has 0 radical (unpaired) electrons. The highest BCUT2D eigenvalue weighted by molar-refractivity contribution is 7.09. The number of nitrogens with zero attached hydrogens (tertiary/aromatic N) is 1. The first kappa shape index (κ1) is 11.4. The molecule has 3 rings (SSSR count). The van der Waals surface area contributed by atoms with E-state index in [9.17, 15) is 4.79 Å². The highest BCUT2D eigenvalue weighted by Crippen LogP contribution is 2.41. The number of aliphatic carboxylic acids is 1. The molecule has 3 nitrogen and oxygen atoms in total. The van der Waals surface area contributed by atoms with Crippen molar-refractivity contribution in [3.05, 3.63) is 40.7 Å². The van der Waals surface area contributed by atoms with E-state index in [0.29, 0.717) is 0 Å². The van der Waals surface area contributed by atoms with Crippen LogP contribution in [0.1, 0.15) is 11.4 Å². The second kappa shape index (κ2) is 4.53. The van der Waals surface area contributed by atoms with Crippen LogP contribution in [0.3, 0.4) is 0 Å². The predicted octanol–water partition coefficient (Wildman–Crippen LogP) is 3.07. The molecular weight excluding hydrogens is 246 g/mol. The molecule has 0 saturated heterocycles. The van der Waals surface area contributed by atoms with Gasteiger partial charge in [0.1, 0.15) is 0 Å². The highest BCUT2D eigenvalue weighted by atomic mass is 32.1. The minimum absolute atomic E-state index is 0.144. The Morgan fingerprint density at radius 1 is 1.39 bits per heavy atom. The molecule has 0 aliphatic heterocycles. The van der Waals surface area contributed by atoms with Gasteiger partial charge in [0.25, 0.3) is 0 Å². The zero-order valence-corrected chi connectivity index (χ0v) is 10.6. The van der Waals surface area contributed by atoms with Crippen molar-refractivity contribution in [3.8, 4) is 11.3 Å². The summed E-state index contributed by atoms with van der Waals surface area (Å²) in [6.45, 7) is 0. The lowest BCUT2D eigenvalue weighted by atomic mass is 10.2. The van der Waals surface area contributed by atoms with Crippen LogP contribution in [-0.2, 0) is 11.2 Å². The molecule has 1 aromatic heterocycles. The van der Waals surface area contributed by atoms with Crippen LogP contribution in [0.5, 0.6) is 0 Å². The van der Waals surface area contributed by atoms with Crippen molar-refractivity contribution >= 4 is 17.3 Å². The molecule has 1 N–H and O–H groups in total. The molecule has 2 atom stereocenters. The molecule has 92 valence electrons. The first-order valence-corrected chi connectivity index (χ1v) is 6.84. The van der Waals surface area contributed by atoms with Gasteiger partial charge < -0.3 is 5.11 Å². The molecule has 1 saturated carbocycles. The van der Waals surface area contributed by atoms with E-state index in [-0.39, 0.29) is 11.8 Å². The van der Waals surface area contributed by atoms with Crippen LogP contribution < -0.4 is 0 Å². The van der Waals surface area contributed by atoms with E-state index >= 15 is 0 Å². The van der Waals surface area contributed by atoms with E-state index in [1.165, 1.54) is 0 Å². The summed E-state index contributed by atoms with van der Waals surface area (Å²) in [5.74, 6) is -0.522. The Hall–Kier alpha value is -1.68. The lowest BCUT2D eigenvalue weighted by Crippen LogP contribution is -2.00. The van der Waals surface area contributed by atoms with Crippen LogP contribution in [0.4, 0.5) is 0 Å². The van der Waals surface area contributed by atoms with Crippen LogP contribution in [0.25, 0.3) is 11.3 Å². The fourth-order valence-corrected chi connectivity index (χ4v) is 3.04. The van der Waals surface area contributed by atoms with Gasteiger partial charge in [0.2, 0.25) is 0 Å². The van der Waals surface area contributed by atoms with Gasteiger partial charge in [-0.3, -0.25) is 4.79 Å². The molecular formula is C14H13NO2S. The Labute approximate surface area is 109 Å². The van der Waals surface area contributed by atoms with Crippen LogP contribution in [0, 0.1) is 11.8 Å². The van der Waals surface area contributed by atoms with Gasteiger partial charge >= 0.3 is 5.97 Å². The summed E-state index contributed by atoms with van der Waals surface area (Å²) >= 11 is 1.62. The third-order valence-electron chi connectivity index (χ3n) is 3.30. The Morgan fingerprint density at radius 2 is 2.17 bits per heavy atom. The third-order valence-corrected chi connectivity index (χ3v) is 4.17. The van der Waals surface area contributed by atoms with Gasteiger partial charge in [-0.15, -0.1) is 11.3 Å². The van der Waals surface area contributed by atoms with Crippen LogP contribution >= 0.6 is 11.3 Å². The SMILES string of the molecule is O=C(O)C1CC1Cc1nc(-c2ccccc2)cs1. The molecule has 1 heterocycles. The number of rotatable bonds is 4. The minimum Gasteiger partial charge on any atom is -0.481 e. The normalized spacial score (nSPS) is 21.8. The molecule has 1 fully saturated rings. The second-order valence-corrected chi connectivity index (χ2v) is 5.58. The molecule has 18 heavy (non-hydrogen) atoms. The summed E-state index contributed by atoms with van der Waals surface area (Å²) in [5, 5.41) is 12.0. The maximum Gasteiger partial charge on any atom is 0.306 e. The summed E-state index contributed by atoms with van der Waals surface area (Å²) in [7, 11) is 0. The van der Waals surface area contributed by atoms with E-state index in [1.807, 2.05) is 35.7 Å². The van der Waals surface area contributed by atoms with Gasteiger partial charge in [0, 0.05) is 17.4 Å². The standard InChI is InChI=1S/C14H13NO2S/c16-14(17)11-6-10(11)7-13-15-12(8-18-13)9-4-2-1-3-5-9/h1-5,8,10-11H,6-7H2,(H,16,17). The predicted molar refractivity (Wildman–Crippen MR) is 70.5 cm³/mol. The molecule has 0 spiro atoms. The second-order valence-electron chi connectivity index (χ2n) is 4.64. The lowest BCUT2D eigenvalue weighted by Gasteiger charge is -1.95. The Kier molecular flexibility index (Phi) is 2.88. The quantitative estimate of drug-likeness (QED) is 0.918. The van der Waals surface area contributed by atoms with Gasteiger partial charge in [-0.2, -0.15) is 0 Å². The van der Waals surface area contributed by atoms with E-state index in [0.717, 1.165) is 29.1 Å². The van der Waals surface area contributed by atoms with Gasteiger partial charge in [0.05, 0.1) is 16.6 Å². The van der Waals surface area contributed by atoms with E-state index in [2.05, 4.69) is 4.98 Å². The van der Waals surface area contributed by atoms with Gasteiger partial charge in [-0.05, 0) is 12.3 Å². The van der Waals surface area contributed by atoms with Crippen LogP contribution in [0.2, 0.25) is 0 Å². The number of carboxylic acid groups (broad SMARTS) is 1. The Bertz CT molecular complexity index is 564. The fraction of sp³-hybridized carbons (Fsp3) is 0.286. The van der Waals surface area contributed by atoms with Crippen molar-refractivity contribution in [2.24, 2.45) is 11.8 Å². The first-order valence-electron chi connectivity index (χ1n) is 5.96. The topological polar surface area (TPSA) is 50.2 Å². The molecule has 0 bridgehead atoms. The minimum atomic E-state index is -0.667. The molecule has 1 aliphatic rings. The Morgan fingerprint density at radius 3 is 2.83 bits per heavy atom. The molecule has 2 aromatic rings. The number of hydrogen-bond acceptors (Lipinski definition) is 3. The van der Waals surface area contributed by atoms with Gasteiger partial charge in [-0.25, -0.2) is 4.98 Å². The monoisotopic (exact) mass is 259 g/mol. The highest BCUT2D eigenvalue weighted by Gasteiger charge is 2.43. The van der Waals surface area contributed by atoms with E-state index in [1.54, 1.807) is 11.3 Å². The number of benzene rings is 1. The number of hydrogen-bond donors (Lipinski definition) is 1. The average Bonchev–Trinajstić information content (AvgIpc) is 2.99. The van der Waals surface area contributed by atoms with Crippen molar-refractivity contribution in [2.75, 3.05) is 0 Å². The van der Waals surface area contributed by atoms with Crippen molar-refractivity contribution < 1.29 is 9.90 Å². The molecule has 4 heteroatoms. The van der Waals surface area contributed by atoms with Gasteiger partial charge in [-0.1, -0.05) is 30.3 Å². The summed E-state index contributed by atoms with van der Waals surface area (Å²) in [5.41, 5.74) is 2.11. The first-order chi connectivity index (χ1) is 8.74. The van der Waals surface area contributed by atoms with E-state index in [4.69, 9.17) is 5.11 Å². The summed E-state index contributed by atoms with van der Waals surface area (Å²) < 4.78 is 0. The average molecular weight is 259 g/mol. The zero-order valence-electron chi connectivity index (χ0n) is 9.74. The number of carboxylic acids is 1.